The van der Waals surface area contributed by atoms with Crippen LogP contribution in [0.4, 0.5) is 0 Å². The van der Waals surface area contributed by atoms with Crippen LogP contribution in [0.1, 0.15) is 11.1 Å². The van der Waals surface area contributed by atoms with Gasteiger partial charge in [-0.15, -0.1) is 4.91 Å². The first kappa shape index (κ1) is 12.5. The number of nitroso groups, excluding NO2 is 1. The fraction of sp³-hybridized carbons (Fsp3) is 0. The normalized spacial score (nSPS) is 15.3. The SMILES string of the molecule is O=N/C(=C(/c1ccccc1)N1OOO1)c1ccccc1. The zero-order valence-electron chi connectivity index (χ0n) is 10.3. The van der Waals surface area contributed by atoms with Crippen LogP contribution in [-0.2, 0) is 15.0 Å². The first-order chi connectivity index (χ1) is 9.90. The molecule has 20 heavy (non-hydrogen) atoms. The van der Waals surface area contributed by atoms with E-state index in [1.54, 1.807) is 12.1 Å². The number of nitrogens with zero attached hydrogens (tertiary/aromatic N) is 2. The van der Waals surface area contributed by atoms with Gasteiger partial charge in [0.2, 0.25) is 0 Å². The van der Waals surface area contributed by atoms with E-state index >= 15 is 0 Å². The minimum atomic E-state index is 0.195. The number of hydrogen-bond acceptors (Lipinski definition) is 6. The molecule has 1 aliphatic heterocycles. The molecule has 1 fully saturated rings. The minimum Gasteiger partial charge on any atom is -0.145 e. The maximum absolute atomic E-state index is 11.3. The van der Waals surface area contributed by atoms with Crippen molar-refractivity contribution in [2.75, 3.05) is 0 Å². The van der Waals surface area contributed by atoms with Gasteiger partial charge in [-0.2, -0.15) is 0 Å². The van der Waals surface area contributed by atoms with Crippen molar-refractivity contribution in [3.8, 4) is 0 Å². The van der Waals surface area contributed by atoms with Crippen LogP contribution >= 0.6 is 0 Å². The fourth-order valence-electron chi connectivity index (χ4n) is 1.89. The van der Waals surface area contributed by atoms with Gasteiger partial charge in [-0.25, -0.2) is 0 Å². The van der Waals surface area contributed by atoms with E-state index in [0.29, 0.717) is 16.8 Å². The lowest BCUT2D eigenvalue weighted by Gasteiger charge is -2.27. The van der Waals surface area contributed by atoms with Gasteiger partial charge in [-0.3, -0.25) is 0 Å². The van der Waals surface area contributed by atoms with Gasteiger partial charge in [0.1, 0.15) is 11.4 Å². The van der Waals surface area contributed by atoms with Crippen LogP contribution < -0.4 is 0 Å². The molecule has 0 aliphatic carbocycles. The molecule has 0 saturated carbocycles. The lowest BCUT2D eigenvalue weighted by atomic mass is 10.1. The Labute approximate surface area is 114 Å². The molecular formula is C14H10N2O4. The molecule has 2 aromatic carbocycles. The average Bonchev–Trinajstić information content (AvgIpc) is 2.47. The smallest absolute Gasteiger partial charge is 0.144 e. The first-order valence-electron chi connectivity index (χ1n) is 5.90. The maximum Gasteiger partial charge on any atom is 0.144 e. The number of hydrogen-bond donors (Lipinski definition) is 0. The van der Waals surface area contributed by atoms with Crippen LogP contribution in [0.3, 0.4) is 0 Å². The van der Waals surface area contributed by atoms with Gasteiger partial charge in [-0.05, 0) is 20.2 Å². The Kier molecular flexibility index (Phi) is 3.51. The summed E-state index contributed by atoms with van der Waals surface area (Å²) in [5.74, 6) is 0. The van der Waals surface area contributed by atoms with Gasteiger partial charge < -0.3 is 0 Å². The summed E-state index contributed by atoms with van der Waals surface area (Å²) >= 11 is 0. The highest BCUT2D eigenvalue weighted by Gasteiger charge is 2.29. The average molecular weight is 270 g/mol. The minimum absolute atomic E-state index is 0.195. The van der Waals surface area contributed by atoms with E-state index in [4.69, 9.17) is 9.98 Å². The van der Waals surface area contributed by atoms with Crippen molar-refractivity contribution in [2.24, 2.45) is 5.18 Å². The third-order valence-electron chi connectivity index (χ3n) is 2.79. The molecule has 6 nitrogen and oxygen atoms in total. The molecule has 6 heteroatoms. The topological polar surface area (TPSA) is 60.4 Å². The van der Waals surface area contributed by atoms with E-state index in [9.17, 15) is 4.91 Å². The molecule has 0 N–H and O–H groups in total. The molecule has 1 heterocycles. The van der Waals surface area contributed by atoms with Crippen LogP contribution in [0.2, 0.25) is 0 Å². The predicted molar refractivity (Wildman–Crippen MR) is 70.6 cm³/mol. The Morgan fingerprint density at radius 2 is 1.40 bits per heavy atom. The van der Waals surface area contributed by atoms with Gasteiger partial charge in [0.15, 0.2) is 0 Å². The molecule has 0 radical (unpaired) electrons. The summed E-state index contributed by atoms with van der Waals surface area (Å²) in [5, 5.41) is 8.33. The second-order valence-corrected chi connectivity index (χ2v) is 3.99. The molecule has 0 unspecified atom stereocenters. The molecule has 100 valence electrons. The predicted octanol–water partition coefficient (Wildman–Crippen LogP) is 3.30. The molecule has 0 spiro atoms. The molecule has 3 rings (SSSR count). The third kappa shape index (κ3) is 2.30. The van der Waals surface area contributed by atoms with Crippen molar-refractivity contribution in [2.45, 2.75) is 0 Å². The lowest BCUT2D eigenvalue weighted by Crippen LogP contribution is -2.33. The highest BCUT2D eigenvalue weighted by Crippen LogP contribution is 2.33. The molecule has 1 saturated heterocycles. The van der Waals surface area contributed by atoms with Crippen LogP contribution in [0, 0.1) is 4.91 Å². The Balaban J connectivity index is 2.15. The van der Waals surface area contributed by atoms with Crippen molar-refractivity contribution in [3.05, 3.63) is 76.7 Å². The highest BCUT2D eigenvalue weighted by atomic mass is 17.7. The molecule has 0 aromatic heterocycles. The zero-order chi connectivity index (χ0) is 13.8. The van der Waals surface area contributed by atoms with E-state index < -0.39 is 0 Å². The molecule has 2 aromatic rings. The van der Waals surface area contributed by atoms with E-state index in [1.165, 1.54) is 0 Å². The third-order valence-corrected chi connectivity index (χ3v) is 2.79. The largest absolute Gasteiger partial charge is 0.145 e. The van der Waals surface area contributed by atoms with Crippen LogP contribution in [-0.4, -0.2) is 5.23 Å². The zero-order valence-corrected chi connectivity index (χ0v) is 10.3. The second-order valence-electron chi connectivity index (χ2n) is 3.99. The second kappa shape index (κ2) is 5.62. The van der Waals surface area contributed by atoms with Gasteiger partial charge in [0.05, 0.1) is 0 Å². The summed E-state index contributed by atoms with van der Waals surface area (Å²) in [6, 6.07) is 18.2. The Hall–Kier alpha value is -2.54. The molecule has 0 atom stereocenters. The van der Waals surface area contributed by atoms with Gasteiger partial charge >= 0.3 is 0 Å². The molecular weight excluding hydrogens is 260 g/mol. The molecule has 0 amide bonds. The lowest BCUT2D eigenvalue weighted by molar-refractivity contribution is -0.799. The van der Waals surface area contributed by atoms with Crippen molar-refractivity contribution in [1.82, 2.24) is 5.23 Å². The number of benzene rings is 2. The van der Waals surface area contributed by atoms with Crippen molar-refractivity contribution < 1.29 is 15.0 Å². The summed E-state index contributed by atoms with van der Waals surface area (Å²) in [6.07, 6.45) is 0. The standard InChI is InChI=1S/C14H10N2O4/c17-15-13(11-7-3-1-4-8-11)14(16-18-20-19-16)12-9-5-2-6-10-12/h1-10H/b14-13-. The van der Waals surface area contributed by atoms with E-state index in [2.05, 4.69) is 10.2 Å². The first-order valence-corrected chi connectivity index (χ1v) is 5.90. The Morgan fingerprint density at radius 1 is 0.850 bits per heavy atom. The molecule has 0 bridgehead atoms. The van der Waals surface area contributed by atoms with E-state index in [-0.39, 0.29) is 5.70 Å². The van der Waals surface area contributed by atoms with Crippen molar-refractivity contribution in [1.29, 1.82) is 0 Å². The van der Waals surface area contributed by atoms with Crippen LogP contribution in [0.15, 0.2) is 65.8 Å². The van der Waals surface area contributed by atoms with Crippen LogP contribution in [0.25, 0.3) is 11.4 Å². The van der Waals surface area contributed by atoms with Crippen LogP contribution in [0.5, 0.6) is 0 Å². The van der Waals surface area contributed by atoms with Gasteiger partial charge in [-0.1, -0.05) is 65.9 Å². The summed E-state index contributed by atoms with van der Waals surface area (Å²) < 4.78 is 0. The van der Waals surface area contributed by atoms with Crippen molar-refractivity contribution in [3.63, 3.8) is 0 Å². The summed E-state index contributed by atoms with van der Waals surface area (Å²) in [4.78, 5) is 20.7. The highest BCUT2D eigenvalue weighted by molar-refractivity contribution is 5.88. The quantitative estimate of drug-likeness (QED) is 0.484. The molecule has 1 aliphatic rings. The fourth-order valence-corrected chi connectivity index (χ4v) is 1.89. The maximum atomic E-state index is 11.3. The van der Waals surface area contributed by atoms with Gasteiger partial charge in [0, 0.05) is 11.1 Å². The number of hydroxylamine groups is 2. The summed E-state index contributed by atoms with van der Waals surface area (Å²) in [5.41, 5.74) is 1.94. The van der Waals surface area contributed by atoms with E-state index in [0.717, 1.165) is 5.23 Å². The van der Waals surface area contributed by atoms with Crippen molar-refractivity contribution >= 4 is 11.4 Å². The monoisotopic (exact) mass is 270 g/mol. The Morgan fingerprint density at radius 3 is 1.85 bits per heavy atom. The summed E-state index contributed by atoms with van der Waals surface area (Å²) in [7, 11) is 0. The van der Waals surface area contributed by atoms with E-state index in [1.807, 2.05) is 48.5 Å². The summed E-state index contributed by atoms with van der Waals surface area (Å²) in [6.45, 7) is 0. The number of rotatable bonds is 4. The van der Waals surface area contributed by atoms with Gasteiger partial charge in [0.25, 0.3) is 0 Å². The Bertz CT molecular complexity index is 624.